The number of halogens is 1. The van der Waals surface area contributed by atoms with Crippen LogP contribution in [-0.4, -0.2) is 86.5 Å². The molecule has 13 heteroatoms. The van der Waals surface area contributed by atoms with Crippen LogP contribution >= 0.6 is 0 Å². The molecule has 4 atom stereocenters. The number of primary amides is 1. The maximum atomic E-state index is 15.3. The van der Waals surface area contributed by atoms with Gasteiger partial charge in [0.25, 0.3) is 5.91 Å². The highest BCUT2D eigenvalue weighted by atomic mass is 19.1. The van der Waals surface area contributed by atoms with Gasteiger partial charge in [0.15, 0.2) is 17.1 Å². The van der Waals surface area contributed by atoms with E-state index < -0.39 is 92.2 Å². The molecule has 0 radical (unpaired) electrons. The second-order valence-corrected chi connectivity index (χ2v) is 11.7. The third kappa shape index (κ3) is 4.43. The Morgan fingerprint density at radius 2 is 1.82 bits per heavy atom. The van der Waals surface area contributed by atoms with Crippen LogP contribution in [0.1, 0.15) is 38.3 Å². The van der Waals surface area contributed by atoms with E-state index in [1.807, 2.05) is 20.8 Å². The lowest BCUT2D eigenvalue weighted by Crippen LogP contribution is -2.65. The number of anilines is 1. The van der Waals surface area contributed by atoms with Crippen LogP contribution in [0.2, 0.25) is 0 Å². The van der Waals surface area contributed by atoms with Crippen molar-refractivity contribution in [2.45, 2.75) is 50.8 Å². The van der Waals surface area contributed by atoms with Gasteiger partial charge in [0.1, 0.15) is 22.9 Å². The number of phenolic OH excluding ortho intramolecular Hbond substituents is 1. The summed E-state index contributed by atoms with van der Waals surface area (Å²) in [6.07, 6.45) is -0.364. The number of Topliss-reactive ketones (excluding diaryl/α,β-unsaturated/α-hetero) is 2. The Morgan fingerprint density at radius 3 is 2.38 bits per heavy atom. The molecule has 1 fully saturated rings. The van der Waals surface area contributed by atoms with Gasteiger partial charge in [-0.2, -0.15) is 0 Å². The molecule has 0 saturated heterocycles. The first-order valence-electron chi connectivity index (χ1n) is 12.7. The Hall–Kier alpha value is -3.81. The molecule has 4 rings (SSSR count). The largest absolute Gasteiger partial charge is 0.508 e. The van der Waals surface area contributed by atoms with E-state index in [2.05, 4.69) is 10.6 Å². The lowest BCUT2D eigenvalue weighted by atomic mass is 9.57. The standard InChI is InChI=1S/C27H33FN4O8/c1-26(2,3)30-9-15(33)31-14-8-13(28)11-6-10-7-12-19(32(4)5)22(36)18(25(29)39)24(38)27(12,40)23(37)16(10)21(35)17(11)20(14)34/h8,10,12,19,30,34-35,38,40H,6-7,9H2,1-5H3,(H2,29,39)(H,31,33)/t10-,12-,19-,27-/m0/s1. The Morgan fingerprint density at radius 1 is 1.20 bits per heavy atom. The number of fused-ring (bicyclic) bond motifs is 3. The highest BCUT2D eigenvalue weighted by Gasteiger charge is 2.64. The fraction of sp³-hybridized carbons (Fsp3) is 0.481. The maximum absolute atomic E-state index is 15.3. The van der Waals surface area contributed by atoms with E-state index in [4.69, 9.17) is 5.73 Å². The topological polar surface area (TPSA) is 203 Å². The second kappa shape index (κ2) is 9.68. The van der Waals surface area contributed by atoms with Crippen LogP contribution < -0.4 is 16.4 Å². The van der Waals surface area contributed by atoms with E-state index in [-0.39, 0.29) is 30.6 Å². The molecular formula is C27H33FN4O8. The van der Waals surface area contributed by atoms with Gasteiger partial charge in [0.05, 0.1) is 23.8 Å². The first-order valence-corrected chi connectivity index (χ1v) is 12.7. The van der Waals surface area contributed by atoms with Crippen molar-refractivity contribution in [2.24, 2.45) is 17.6 Å². The number of hydrogen-bond donors (Lipinski definition) is 7. The van der Waals surface area contributed by atoms with Gasteiger partial charge >= 0.3 is 0 Å². The lowest BCUT2D eigenvalue weighted by molar-refractivity contribution is -0.153. The average Bonchev–Trinajstić information content (AvgIpc) is 2.82. The molecular weight excluding hydrogens is 527 g/mol. The van der Waals surface area contributed by atoms with Gasteiger partial charge in [-0.15, -0.1) is 0 Å². The highest BCUT2D eigenvalue weighted by Crippen LogP contribution is 2.53. The third-order valence-electron chi connectivity index (χ3n) is 7.72. The number of aliphatic hydroxyl groups excluding tert-OH is 2. The van der Waals surface area contributed by atoms with Crippen molar-refractivity contribution in [2.75, 3.05) is 26.0 Å². The zero-order chi connectivity index (χ0) is 30.1. The zero-order valence-corrected chi connectivity index (χ0v) is 22.8. The first-order chi connectivity index (χ1) is 18.4. The van der Waals surface area contributed by atoms with Crippen LogP contribution in [0.15, 0.2) is 23.0 Å². The second-order valence-electron chi connectivity index (χ2n) is 11.7. The van der Waals surface area contributed by atoms with Gasteiger partial charge in [-0.25, -0.2) is 4.39 Å². The summed E-state index contributed by atoms with van der Waals surface area (Å²) in [5.41, 5.74) is -0.173. The summed E-state index contributed by atoms with van der Waals surface area (Å²) < 4.78 is 15.3. The van der Waals surface area contributed by atoms with Crippen molar-refractivity contribution in [3.63, 3.8) is 0 Å². The molecule has 12 nitrogen and oxygen atoms in total. The Bertz CT molecular complexity index is 1410. The highest BCUT2D eigenvalue weighted by molar-refractivity contribution is 6.24. The number of carbonyl (C=O) groups excluding carboxylic acids is 4. The van der Waals surface area contributed by atoms with Gasteiger partial charge < -0.3 is 36.8 Å². The van der Waals surface area contributed by atoms with E-state index in [0.717, 1.165) is 6.07 Å². The van der Waals surface area contributed by atoms with E-state index in [9.17, 15) is 39.6 Å². The van der Waals surface area contributed by atoms with Crippen LogP contribution in [0.3, 0.4) is 0 Å². The quantitative estimate of drug-likeness (QED) is 0.195. The molecule has 2 amide bonds. The van der Waals surface area contributed by atoms with Crippen LogP contribution in [0.4, 0.5) is 10.1 Å². The number of aromatic hydroxyl groups is 1. The molecule has 1 aromatic carbocycles. The number of carbonyl (C=O) groups is 4. The molecule has 0 bridgehead atoms. The average molecular weight is 561 g/mol. The minimum Gasteiger partial charge on any atom is -0.508 e. The Labute approximate surface area is 229 Å². The zero-order valence-electron chi connectivity index (χ0n) is 22.8. The van der Waals surface area contributed by atoms with Gasteiger partial charge in [0, 0.05) is 28.7 Å². The summed E-state index contributed by atoms with van der Waals surface area (Å²) in [5.74, 6) is -9.85. The minimum atomic E-state index is -2.80. The summed E-state index contributed by atoms with van der Waals surface area (Å²) in [7, 11) is 2.97. The molecule has 1 aromatic rings. The van der Waals surface area contributed by atoms with Gasteiger partial charge in [-0.1, -0.05) is 0 Å². The summed E-state index contributed by atoms with van der Waals surface area (Å²) in [6.45, 7) is 5.33. The normalized spacial score (nSPS) is 26.4. The molecule has 0 aromatic heterocycles. The number of phenols is 1. The Balaban J connectivity index is 1.84. The lowest BCUT2D eigenvalue weighted by Gasteiger charge is -2.50. The number of hydrogen-bond acceptors (Lipinski definition) is 10. The Kier molecular flexibility index (Phi) is 7.06. The number of nitrogens with one attached hydrogen (secondary N) is 2. The smallest absolute Gasteiger partial charge is 0.255 e. The molecule has 0 heterocycles. The van der Waals surface area contributed by atoms with E-state index in [1.54, 1.807) is 0 Å². The van der Waals surface area contributed by atoms with E-state index in [1.165, 1.54) is 19.0 Å². The number of amides is 2. The molecule has 1 saturated carbocycles. The minimum absolute atomic E-state index is 0.131. The molecule has 0 unspecified atom stereocenters. The monoisotopic (exact) mass is 560 g/mol. The molecule has 8 N–H and O–H groups in total. The fourth-order valence-corrected chi connectivity index (χ4v) is 5.90. The van der Waals surface area contributed by atoms with Crippen molar-refractivity contribution in [3.8, 4) is 5.75 Å². The molecule has 0 spiro atoms. The fourth-order valence-electron chi connectivity index (χ4n) is 5.90. The van der Waals surface area contributed by atoms with Gasteiger partial charge in [0.2, 0.25) is 11.7 Å². The maximum Gasteiger partial charge on any atom is 0.255 e. The number of nitrogens with zero attached hydrogens (tertiary/aromatic N) is 1. The van der Waals surface area contributed by atoms with Crippen molar-refractivity contribution >= 4 is 34.8 Å². The van der Waals surface area contributed by atoms with Crippen molar-refractivity contribution in [3.05, 3.63) is 39.9 Å². The molecule has 3 aliphatic rings. The SMILES string of the molecule is CN(C)[C@@H]1C(=O)C(C(N)=O)=C(O)[C@@]2(O)C(=O)C3=C(O)c4c(O)c(NC(=O)CNC(C)(C)C)cc(F)c4C[C@H]3C[C@@H]12. The van der Waals surface area contributed by atoms with E-state index in [0.29, 0.717) is 0 Å². The number of rotatable bonds is 5. The summed E-state index contributed by atoms with van der Waals surface area (Å²) in [4.78, 5) is 52.8. The third-order valence-corrected chi connectivity index (χ3v) is 7.72. The number of likely N-dealkylation sites (N-methyl/N-ethyl adjacent to an activating group) is 1. The van der Waals surface area contributed by atoms with Crippen LogP contribution in [0.5, 0.6) is 5.75 Å². The van der Waals surface area contributed by atoms with Crippen LogP contribution in [-0.2, 0) is 25.6 Å². The van der Waals surface area contributed by atoms with Crippen molar-refractivity contribution < 1.29 is 44.0 Å². The predicted molar refractivity (Wildman–Crippen MR) is 141 cm³/mol. The first kappa shape index (κ1) is 29.2. The number of aliphatic hydroxyl groups is 3. The molecule has 40 heavy (non-hydrogen) atoms. The van der Waals surface area contributed by atoms with Crippen LogP contribution in [0.25, 0.3) is 5.76 Å². The number of nitrogens with two attached hydrogens (primary N) is 1. The number of ketones is 2. The van der Waals surface area contributed by atoms with Gasteiger partial charge in [-0.3, -0.25) is 24.1 Å². The van der Waals surface area contributed by atoms with Crippen molar-refractivity contribution in [1.82, 2.24) is 10.2 Å². The van der Waals surface area contributed by atoms with Gasteiger partial charge in [-0.05, 0) is 53.6 Å². The summed E-state index contributed by atoms with van der Waals surface area (Å²) in [6, 6.07) is -0.335. The predicted octanol–water partition coefficient (Wildman–Crippen LogP) is 0.430. The number of benzene rings is 1. The molecule has 216 valence electrons. The van der Waals surface area contributed by atoms with E-state index >= 15 is 4.39 Å². The molecule has 0 aliphatic heterocycles. The molecule has 3 aliphatic carbocycles. The van der Waals surface area contributed by atoms with Crippen LogP contribution in [0, 0.1) is 17.7 Å². The van der Waals surface area contributed by atoms with Crippen molar-refractivity contribution in [1.29, 1.82) is 0 Å². The summed E-state index contributed by atoms with van der Waals surface area (Å²) in [5, 5.41) is 50.0. The summed E-state index contributed by atoms with van der Waals surface area (Å²) >= 11 is 0.